The van der Waals surface area contributed by atoms with Gasteiger partial charge in [0.1, 0.15) is 11.2 Å². The predicted molar refractivity (Wildman–Crippen MR) is 210 cm³/mol. The summed E-state index contributed by atoms with van der Waals surface area (Å²) in [6, 6.07) is 63.1. The fourth-order valence-corrected chi connectivity index (χ4v) is 8.41. The molecule has 0 spiro atoms. The molecular formula is C46H29NOS. The molecule has 0 saturated carbocycles. The number of anilines is 3. The van der Waals surface area contributed by atoms with Gasteiger partial charge in [-0.2, -0.15) is 0 Å². The fraction of sp³-hybridized carbons (Fsp3) is 0. The molecule has 0 atom stereocenters. The second-order valence-electron chi connectivity index (χ2n) is 12.5. The summed E-state index contributed by atoms with van der Waals surface area (Å²) in [5, 5.41) is 7.07. The molecule has 0 amide bonds. The van der Waals surface area contributed by atoms with Gasteiger partial charge in [0, 0.05) is 42.3 Å². The average molecular weight is 644 g/mol. The van der Waals surface area contributed by atoms with Gasteiger partial charge in [0.05, 0.1) is 5.69 Å². The van der Waals surface area contributed by atoms with Crippen LogP contribution in [0.5, 0.6) is 0 Å². The van der Waals surface area contributed by atoms with Crippen molar-refractivity contribution in [1.29, 1.82) is 0 Å². The summed E-state index contributed by atoms with van der Waals surface area (Å²) in [5.41, 5.74) is 9.99. The normalized spacial score (nSPS) is 11.7. The maximum absolute atomic E-state index is 6.80. The van der Waals surface area contributed by atoms with Crippen molar-refractivity contribution in [2.75, 3.05) is 4.90 Å². The first-order chi connectivity index (χ1) is 24.3. The fourth-order valence-electron chi connectivity index (χ4n) is 7.28. The van der Waals surface area contributed by atoms with E-state index in [2.05, 4.69) is 181 Å². The van der Waals surface area contributed by atoms with Crippen molar-refractivity contribution in [3.05, 3.63) is 176 Å². The molecule has 10 rings (SSSR count). The third-order valence-corrected chi connectivity index (χ3v) is 10.8. The number of rotatable bonds is 5. The van der Waals surface area contributed by atoms with Gasteiger partial charge >= 0.3 is 0 Å². The van der Waals surface area contributed by atoms with Crippen LogP contribution in [0.15, 0.2) is 180 Å². The van der Waals surface area contributed by atoms with Crippen LogP contribution in [0.3, 0.4) is 0 Å². The summed E-state index contributed by atoms with van der Waals surface area (Å²) in [7, 11) is 0. The topological polar surface area (TPSA) is 16.4 Å². The molecule has 2 heterocycles. The predicted octanol–water partition coefficient (Wildman–Crippen LogP) is 13.9. The summed E-state index contributed by atoms with van der Waals surface area (Å²) in [6.07, 6.45) is 0. The van der Waals surface area contributed by atoms with E-state index in [1.165, 1.54) is 53.2 Å². The van der Waals surface area contributed by atoms with Gasteiger partial charge in [-0.15, -0.1) is 11.3 Å². The van der Waals surface area contributed by atoms with Gasteiger partial charge in [-0.1, -0.05) is 115 Å². The van der Waals surface area contributed by atoms with E-state index >= 15 is 0 Å². The van der Waals surface area contributed by atoms with Crippen LogP contribution in [-0.4, -0.2) is 0 Å². The largest absolute Gasteiger partial charge is 0.455 e. The highest BCUT2D eigenvalue weighted by molar-refractivity contribution is 7.26. The van der Waals surface area contributed by atoms with Crippen molar-refractivity contribution in [3.8, 4) is 22.3 Å². The van der Waals surface area contributed by atoms with Crippen molar-refractivity contribution in [2.24, 2.45) is 0 Å². The zero-order valence-electron chi connectivity index (χ0n) is 26.5. The molecule has 2 aromatic heterocycles. The van der Waals surface area contributed by atoms with Crippen LogP contribution < -0.4 is 4.90 Å². The molecule has 0 aliphatic heterocycles. The number of nitrogens with zero attached hydrogens (tertiary/aromatic N) is 1. The number of furan rings is 1. The summed E-state index contributed by atoms with van der Waals surface area (Å²) >= 11 is 1.82. The molecule has 0 radical (unpaired) electrons. The highest BCUT2D eigenvalue weighted by Crippen LogP contribution is 2.48. The number of thiophene rings is 1. The monoisotopic (exact) mass is 643 g/mol. The molecular weight excluding hydrogens is 615 g/mol. The van der Waals surface area contributed by atoms with E-state index in [9.17, 15) is 0 Å². The summed E-state index contributed by atoms with van der Waals surface area (Å²) in [6.45, 7) is 0. The molecule has 0 fully saturated rings. The summed E-state index contributed by atoms with van der Waals surface area (Å²) in [4.78, 5) is 2.40. The summed E-state index contributed by atoms with van der Waals surface area (Å²) in [5.74, 6) is 0. The van der Waals surface area contributed by atoms with Gasteiger partial charge in [-0.3, -0.25) is 0 Å². The lowest BCUT2D eigenvalue weighted by molar-refractivity contribution is 0.673. The van der Waals surface area contributed by atoms with Crippen molar-refractivity contribution in [1.82, 2.24) is 0 Å². The van der Waals surface area contributed by atoms with E-state index < -0.39 is 0 Å². The lowest BCUT2D eigenvalue weighted by atomic mass is 10.0. The molecule has 2 nitrogen and oxygen atoms in total. The molecule has 0 aliphatic carbocycles. The highest BCUT2D eigenvalue weighted by Gasteiger charge is 2.22. The molecule has 0 aliphatic rings. The summed E-state index contributed by atoms with van der Waals surface area (Å²) < 4.78 is 9.26. The van der Waals surface area contributed by atoms with E-state index in [-0.39, 0.29) is 0 Å². The Kier molecular flexibility index (Phi) is 6.39. The Morgan fingerprint density at radius 1 is 0.408 bits per heavy atom. The Hall–Kier alpha value is -6.16. The number of hydrogen-bond acceptors (Lipinski definition) is 3. The molecule has 10 aromatic rings. The Bertz CT molecular complexity index is 2710. The van der Waals surface area contributed by atoms with Gasteiger partial charge in [-0.25, -0.2) is 0 Å². The Labute approximate surface area is 287 Å². The minimum absolute atomic E-state index is 0.919. The highest BCUT2D eigenvalue weighted by atomic mass is 32.1. The first kappa shape index (κ1) is 27.9. The van der Waals surface area contributed by atoms with E-state index in [4.69, 9.17) is 4.42 Å². The number of benzene rings is 8. The number of hydrogen-bond donors (Lipinski definition) is 0. The third-order valence-electron chi connectivity index (χ3n) is 9.65. The Morgan fingerprint density at radius 2 is 0.959 bits per heavy atom. The van der Waals surface area contributed by atoms with Crippen LogP contribution in [0.2, 0.25) is 0 Å². The zero-order chi connectivity index (χ0) is 32.3. The number of fused-ring (bicyclic) bond motifs is 8. The van der Waals surface area contributed by atoms with Crippen LogP contribution in [0.1, 0.15) is 0 Å². The van der Waals surface area contributed by atoms with Gasteiger partial charge in [0.15, 0.2) is 0 Å². The van der Waals surface area contributed by atoms with Gasteiger partial charge in [0.2, 0.25) is 0 Å². The quantitative estimate of drug-likeness (QED) is 0.186. The minimum Gasteiger partial charge on any atom is -0.455 e. The van der Waals surface area contributed by atoms with E-state index in [1.54, 1.807) is 0 Å². The smallest absolute Gasteiger partial charge is 0.144 e. The maximum atomic E-state index is 6.80. The Balaban J connectivity index is 1.21. The molecule has 8 aromatic carbocycles. The van der Waals surface area contributed by atoms with E-state index in [1.807, 2.05) is 11.3 Å². The van der Waals surface area contributed by atoms with Crippen molar-refractivity contribution in [3.63, 3.8) is 0 Å². The first-order valence-corrected chi connectivity index (χ1v) is 17.4. The maximum Gasteiger partial charge on any atom is 0.144 e. The second kappa shape index (κ2) is 11.2. The Morgan fingerprint density at radius 3 is 1.59 bits per heavy atom. The average Bonchev–Trinajstić information content (AvgIpc) is 3.73. The zero-order valence-corrected chi connectivity index (χ0v) is 27.3. The lowest BCUT2D eigenvalue weighted by Gasteiger charge is -2.27. The minimum atomic E-state index is 0.919. The van der Waals surface area contributed by atoms with Crippen LogP contribution in [0.25, 0.3) is 75.1 Å². The van der Waals surface area contributed by atoms with Gasteiger partial charge in [-0.05, 0) is 93.7 Å². The molecule has 230 valence electrons. The van der Waals surface area contributed by atoms with Gasteiger partial charge in [0.25, 0.3) is 0 Å². The SMILES string of the molecule is c1ccc(-c2ccc(N(c3ccc(-c4ccccc4)cc3)c3cccc4sc5ccc6c7cc8ccccc8cc7oc6c5c34)cc2)cc1. The molecule has 0 unspecified atom stereocenters. The molecule has 0 bridgehead atoms. The van der Waals surface area contributed by atoms with Crippen molar-refractivity contribution in [2.45, 2.75) is 0 Å². The van der Waals surface area contributed by atoms with Crippen LogP contribution in [0, 0.1) is 0 Å². The van der Waals surface area contributed by atoms with Crippen molar-refractivity contribution >= 4 is 81.3 Å². The second-order valence-corrected chi connectivity index (χ2v) is 13.6. The van der Waals surface area contributed by atoms with Crippen LogP contribution in [-0.2, 0) is 0 Å². The first-order valence-electron chi connectivity index (χ1n) is 16.6. The van der Waals surface area contributed by atoms with E-state index in [0.29, 0.717) is 0 Å². The molecule has 0 saturated heterocycles. The third kappa shape index (κ3) is 4.62. The molecule has 49 heavy (non-hydrogen) atoms. The van der Waals surface area contributed by atoms with Gasteiger partial charge < -0.3 is 9.32 Å². The van der Waals surface area contributed by atoms with Crippen LogP contribution >= 0.6 is 11.3 Å². The lowest BCUT2D eigenvalue weighted by Crippen LogP contribution is -2.10. The molecule has 3 heteroatoms. The van der Waals surface area contributed by atoms with Crippen LogP contribution in [0.4, 0.5) is 17.1 Å². The molecule has 0 N–H and O–H groups in total. The standard InChI is InChI=1S/C46H29NOS/c1-3-10-30(11-4-1)32-18-22-36(23-19-32)47(37-24-20-33(21-25-37)31-12-5-2-6-13-31)40-16-9-17-42-44(40)45-43(49-42)27-26-38-39-28-34-14-7-8-15-35(34)29-41(39)48-46(38)45/h1-29H. The van der Waals surface area contributed by atoms with E-state index in [0.717, 1.165) is 39.0 Å². The van der Waals surface area contributed by atoms with Crippen molar-refractivity contribution < 1.29 is 4.42 Å².